The Morgan fingerprint density at radius 1 is 1.00 bits per heavy atom. The van der Waals surface area contributed by atoms with E-state index in [4.69, 9.17) is 4.42 Å². The van der Waals surface area contributed by atoms with Gasteiger partial charge in [0.05, 0.1) is 17.4 Å². The van der Waals surface area contributed by atoms with Crippen molar-refractivity contribution >= 4 is 41.2 Å². The fraction of sp³-hybridized carbons (Fsp3) is 0.235. The smallest absolute Gasteiger partial charge is 0.327 e. The van der Waals surface area contributed by atoms with E-state index in [0.717, 1.165) is 17.1 Å². The number of carbonyl (C=O) groups excluding carboxylic acids is 3. The molecule has 0 spiro atoms. The molecule has 1 aliphatic heterocycles. The lowest BCUT2D eigenvalue weighted by molar-refractivity contribution is -0.139. The van der Waals surface area contributed by atoms with Gasteiger partial charge in [0.15, 0.2) is 0 Å². The van der Waals surface area contributed by atoms with Crippen molar-refractivity contribution in [2.24, 2.45) is 0 Å². The Morgan fingerprint density at radius 2 is 1.73 bits per heavy atom. The van der Waals surface area contributed by atoms with Crippen LogP contribution in [0, 0.1) is 0 Å². The van der Waals surface area contributed by atoms with E-state index >= 15 is 0 Å². The number of hydrogen-bond acceptors (Lipinski definition) is 6. The van der Waals surface area contributed by atoms with Crippen molar-refractivity contribution in [2.45, 2.75) is 11.1 Å². The van der Waals surface area contributed by atoms with Gasteiger partial charge in [0.2, 0.25) is 0 Å². The summed E-state index contributed by atoms with van der Waals surface area (Å²) in [4.78, 5) is 35.4. The van der Waals surface area contributed by atoms with Gasteiger partial charge in [0, 0.05) is 17.1 Å². The highest BCUT2D eigenvalue weighted by Crippen LogP contribution is 2.45. The molecule has 3 rings (SSSR count). The largest absolute Gasteiger partial charge is 0.467 e. The summed E-state index contributed by atoms with van der Waals surface area (Å²) in [6.07, 6.45) is 1.47. The van der Waals surface area contributed by atoms with Gasteiger partial charge in [-0.2, -0.15) is 0 Å². The van der Waals surface area contributed by atoms with Crippen LogP contribution in [0.2, 0.25) is 0 Å². The quantitative estimate of drug-likeness (QED) is 0.543. The molecule has 7 nitrogen and oxygen atoms in total. The van der Waals surface area contributed by atoms with Gasteiger partial charge in [-0.1, -0.05) is 12.1 Å². The maximum absolute atomic E-state index is 12.1. The van der Waals surface area contributed by atoms with Crippen LogP contribution < -0.4 is 16.2 Å². The van der Waals surface area contributed by atoms with Crippen LogP contribution in [-0.2, 0) is 16.1 Å². The van der Waals surface area contributed by atoms with Gasteiger partial charge in [-0.15, -0.1) is 23.5 Å². The molecule has 9 heteroatoms. The van der Waals surface area contributed by atoms with Gasteiger partial charge < -0.3 is 9.73 Å². The lowest BCUT2D eigenvalue weighted by atomic mass is 10.1. The minimum atomic E-state index is -0.958. The zero-order valence-corrected chi connectivity index (χ0v) is 15.3. The van der Waals surface area contributed by atoms with Crippen molar-refractivity contribution in [3.63, 3.8) is 0 Å². The Kier molecular flexibility index (Phi) is 6.24. The molecule has 0 aliphatic carbocycles. The molecule has 0 unspecified atom stereocenters. The third kappa shape index (κ3) is 4.83. The fourth-order valence-electron chi connectivity index (χ4n) is 2.25. The molecule has 0 radical (unpaired) electrons. The Hall–Kier alpha value is -2.39. The van der Waals surface area contributed by atoms with E-state index in [1.165, 1.54) is 6.26 Å². The molecule has 1 aliphatic rings. The summed E-state index contributed by atoms with van der Waals surface area (Å²) in [6.45, 7) is 0.0891. The van der Waals surface area contributed by atoms with Gasteiger partial charge in [0.25, 0.3) is 5.91 Å². The molecule has 2 heterocycles. The molecule has 1 aromatic carbocycles. The van der Waals surface area contributed by atoms with E-state index in [-0.39, 0.29) is 6.54 Å². The summed E-state index contributed by atoms with van der Waals surface area (Å²) in [7, 11) is 0. The highest BCUT2D eigenvalue weighted by Gasteiger charge is 2.19. The zero-order valence-electron chi connectivity index (χ0n) is 13.7. The Morgan fingerprint density at radius 3 is 2.38 bits per heavy atom. The fourth-order valence-corrected chi connectivity index (χ4v) is 5.11. The summed E-state index contributed by atoms with van der Waals surface area (Å²) in [6, 6.07) is 10.6. The van der Waals surface area contributed by atoms with Crippen LogP contribution in [0.25, 0.3) is 0 Å². The first kappa shape index (κ1) is 18.4. The molecule has 0 atom stereocenters. The molecular weight excluding hydrogens is 374 g/mol. The van der Waals surface area contributed by atoms with Crippen molar-refractivity contribution in [3.05, 3.63) is 59.5 Å². The van der Waals surface area contributed by atoms with Gasteiger partial charge in [-0.25, -0.2) is 0 Å². The topological polar surface area (TPSA) is 100 Å². The molecule has 1 aromatic heterocycles. The van der Waals surface area contributed by atoms with Crippen LogP contribution in [0.4, 0.5) is 0 Å². The number of benzene rings is 1. The highest BCUT2D eigenvalue weighted by molar-refractivity contribution is 8.19. The van der Waals surface area contributed by atoms with Gasteiger partial charge in [-0.3, -0.25) is 25.2 Å². The standard InChI is InChI=1S/C17H17N3O4S2/c21-14(11-3-5-12(6-4-11)17-25-8-9-26-17)19-20-16(23)15(22)18-10-13-2-1-7-24-13/h1-7,17H,8-10H2,(H,18,22)(H,19,21)(H,20,23). The van der Waals surface area contributed by atoms with Crippen LogP contribution in [0.15, 0.2) is 47.1 Å². The number of carbonyl (C=O) groups is 3. The van der Waals surface area contributed by atoms with Crippen molar-refractivity contribution in [2.75, 3.05) is 11.5 Å². The summed E-state index contributed by atoms with van der Waals surface area (Å²) in [5.41, 5.74) is 5.88. The van der Waals surface area contributed by atoms with Crippen molar-refractivity contribution in [3.8, 4) is 0 Å². The molecule has 1 saturated heterocycles. The number of hydrogen-bond donors (Lipinski definition) is 3. The molecule has 26 heavy (non-hydrogen) atoms. The molecular formula is C17H17N3O4S2. The first-order chi connectivity index (χ1) is 12.6. The van der Waals surface area contributed by atoms with Crippen molar-refractivity contribution in [1.82, 2.24) is 16.2 Å². The molecule has 1 fully saturated rings. The van der Waals surface area contributed by atoms with Gasteiger partial charge in [0.1, 0.15) is 5.76 Å². The third-order valence-corrected chi connectivity index (χ3v) is 6.67. The lowest BCUT2D eigenvalue weighted by Crippen LogP contribution is -2.48. The zero-order chi connectivity index (χ0) is 18.4. The van der Waals surface area contributed by atoms with Crippen molar-refractivity contribution < 1.29 is 18.8 Å². The van der Waals surface area contributed by atoms with E-state index < -0.39 is 17.7 Å². The van der Waals surface area contributed by atoms with E-state index in [9.17, 15) is 14.4 Å². The van der Waals surface area contributed by atoms with Crippen LogP contribution in [-0.4, -0.2) is 29.2 Å². The van der Waals surface area contributed by atoms with Crippen LogP contribution in [0.5, 0.6) is 0 Å². The Labute approximate surface area is 158 Å². The predicted molar refractivity (Wildman–Crippen MR) is 100 cm³/mol. The number of thioether (sulfide) groups is 2. The normalized spacial score (nSPS) is 14.0. The number of furan rings is 1. The number of rotatable bonds is 4. The van der Waals surface area contributed by atoms with Gasteiger partial charge in [-0.05, 0) is 29.8 Å². The molecule has 0 saturated carbocycles. The van der Waals surface area contributed by atoms with Crippen LogP contribution in [0.3, 0.4) is 0 Å². The minimum Gasteiger partial charge on any atom is -0.467 e. The average molecular weight is 391 g/mol. The molecule has 3 amide bonds. The number of nitrogens with one attached hydrogen (secondary N) is 3. The Balaban J connectivity index is 1.45. The molecule has 136 valence electrons. The van der Waals surface area contributed by atoms with Crippen LogP contribution >= 0.6 is 23.5 Å². The van der Waals surface area contributed by atoms with E-state index in [2.05, 4.69) is 16.2 Å². The maximum atomic E-state index is 12.1. The van der Waals surface area contributed by atoms with E-state index in [1.54, 1.807) is 24.3 Å². The second-order valence-electron chi connectivity index (χ2n) is 5.37. The summed E-state index contributed by atoms with van der Waals surface area (Å²) >= 11 is 3.77. The number of hydrazine groups is 1. The van der Waals surface area contributed by atoms with E-state index in [1.807, 2.05) is 35.7 Å². The van der Waals surface area contributed by atoms with Gasteiger partial charge >= 0.3 is 11.8 Å². The first-order valence-electron chi connectivity index (χ1n) is 7.87. The summed E-state index contributed by atoms with van der Waals surface area (Å²) in [5, 5.41) is 2.39. The number of amides is 3. The van der Waals surface area contributed by atoms with Crippen molar-refractivity contribution in [1.29, 1.82) is 0 Å². The molecule has 3 N–H and O–H groups in total. The minimum absolute atomic E-state index is 0.0891. The highest BCUT2D eigenvalue weighted by atomic mass is 32.2. The first-order valence-corrected chi connectivity index (χ1v) is 9.97. The second kappa shape index (κ2) is 8.81. The predicted octanol–water partition coefficient (Wildman–Crippen LogP) is 1.84. The third-order valence-electron chi connectivity index (χ3n) is 3.57. The summed E-state index contributed by atoms with van der Waals surface area (Å²) < 4.78 is 5.45. The Bertz CT molecular complexity index is 772. The summed E-state index contributed by atoms with van der Waals surface area (Å²) in [5.74, 6) is 0.467. The molecule has 2 aromatic rings. The average Bonchev–Trinajstić information content (AvgIpc) is 3.37. The van der Waals surface area contributed by atoms with E-state index in [0.29, 0.717) is 15.9 Å². The molecule has 0 bridgehead atoms. The maximum Gasteiger partial charge on any atom is 0.327 e. The monoisotopic (exact) mass is 391 g/mol. The lowest BCUT2D eigenvalue weighted by Gasteiger charge is -2.10. The van der Waals surface area contributed by atoms with Crippen LogP contribution in [0.1, 0.15) is 26.3 Å². The second-order valence-corrected chi connectivity index (χ2v) is 8.09. The SMILES string of the molecule is O=C(NCc1ccco1)C(=O)NNC(=O)c1ccc(C2SCCS2)cc1.